The Balaban J connectivity index is 0.000000181. The molecule has 0 amide bonds. The van der Waals surface area contributed by atoms with Crippen LogP contribution in [0.5, 0.6) is 0 Å². The number of hydrogen-bond acceptors (Lipinski definition) is 10. The molecule has 0 unspecified atom stereocenters. The molecule has 3 aromatic carbocycles. The van der Waals surface area contributed by atoms with Crippen molar-refractivity contribution in [3.8, 4) is 34.4 Å². The van der Waals surface area contributed by atoms with Crippen LogP contribution in [-0.2, 0) is 20.0 Å². The van der Waals surface area contributed by atoms with Gasteiger partial charge in [0.15, 0.2) is 22.9 Å². The van der Waals surface area contributed by atoms with Crippen LogP contribution in [0.15, 0.2) is 112 Å². The van der Waals surface area contributed by atoms with E-state index < -0.39 is 25.9 Å². The molecule has 0 atom stereocenters. The normalized spacial score (nSPS) is 14.1. The topological polar surface area (TPSA) is 177 Å². The van der Waals surface area contributed by atoms with Gasteiger partial charge in [-0.2, -0.15) is 0 Å². The largest absolute Gasteiger partial charge is 0.367 e. The zero-order chi connectivity index (χ0) is 45.2. The van der Waals surface area contributed by atoms with Crippen molar-refractivity contribution in [3.05, 3.63) is 119 Å². The van der Waals surface area contributed by atoms with E-state index in [1.54, 1.807) is 85.3 Å². The Bertz CT molecular complexity index is 3100. The average molecular weight is 968 g/mol. The molecule has 4 aromatic heterocycles. The van der Waals surface area contributed by atoms with Gasteiger partial charge in [0.05, 0.1) is 39.1 Å². The molecule has 4 heterocycles. The smallest absolute Gasteiger partial charge is 0.240 e. The maximum absolute atomic E-state index is 14.1. The van der Waals surface area contributed by atoms with Gasteiger partial charge in [0, 0.05) is 48.7 Å². The number of nitrogens with zero attached hydrogens (tertiary/aromatic N) is 6. The van der Waals surface area contributed by atoms with Crippen molar-refractivity contribution >= 4 is 58.9 Å². The first kappa shape index (κ1) is 44.9. The fourth-order valence-corrected chi connectivity index (χ4v) is 9.55. The molecule has 0 aliphatic heterocycles. The highest BCUT2D eigenvalue weighted by atomic mass is 79.9. The summed E-state index contributed by atoms with van der Waals surface area (Å²) in [6.07, 6.45) is 10.7. The first-order valence-corrected chi connectivity index (χ1v) is 24.8. The van der Waals surface area contributed by atoms with E-state index in [0.717, 1.165) is 60.4 Å². The third-order valence-electron chi connectivity index (χ3n) is 10.2. The predicted molar refractivity (Wildman–Crippen MR) is 250 cm³/mol. The molecule has 4 N–H and O–H groups in total. The molecule has 7 aromatic rings. The van der Waals surface area contributed by atoms with Gasteiger partial charge in [-0.15, -0.1) is 0 Å². The third kappa shape index (κ3) is 10.8. The Morgan fingerprint density at radius 1 is 0.672 bits per heavy atom. The maximum Gasteiger partial charge on any atom is 0.240 e. The van der Waals surface area contributed by atoms with E-state index in [-0.39, 0.29) is 21.9 Å². The van der Waals surface area contributed by atoms with Crippen molar-refractivity contribution in [2.75, 3.05) is 23.7 Å². The number of hydrogen-bond donors (Lipinski definition) is 4. The second kappa shape index (κ2) is 18.8. The van der Waals surface area contributed by atoms with Gasteiger partial charge < -0.3 is 10.6 Å². The van der Waals surface area contributed by atoms with Crippen LogP contribution in [0.25, 0.3) is 33.8 Å². The first-order valence-electron chi connectivity index (χ1n) is 21.0. The van der Waals surface area contributed by atoms with E-state index in [1.807, 2.05) is 15.0 Å². The summed E-state index contributed by atoms with van der Waals surface area (Å²) in [6.45, 7) is 9.94. The average Bonchev–Trinajstić information content (AvgIpc) is 4.18. The van der Waals surface area contributed by atoms with Gasteiger partial charge in [-0.1, -0.05) is 70.0 Å². The molecule has 332 valence electrons. The zero-order valence-corrected chi connectivity index (χ0v) is 38.9. The van der Waals surface area contributed by atoms with E-state index in [4.69, 9.17) is 0 Å². The number of halogens is 2. The fraction of sp³-hybridized carbons (Fsp3) is 0.304. The summed E-state index contributed by atoms with van der Waals surface area (Å²) in [5.74, 6) is 7.58. The molecule has 0 radical (unpaired) electrons. The SMILES string of the molecule is CC(C)CNc1nc(Br)cn2c(-c3ccc(S(=O)(=O)NC4CC4)cc3)cnc12.CC(C)CNc1nc(C#Cc2ccccc2F)cn2c(-c3ccc(S(=O)(=O)NC4CC4)cc3)cnc12. The van der Waals surface area contributed by atoms with Crippen LogP contribution in [0.2, 0.25) is 0 Å². The summed E-state index contributed by atoms with van der Waals surface area (Å²) in [7, 11) is -6.99. The molecule has 9 rings (SSSR count). The highest BCUT2D eigenvalue weighted by Crippen LogP contribution is 2.30. The van der Waals surface area contributed by atoms with Crippen LogP contribution in [0.4, 0.5) is 16.0 Å². The molecule has 14 nitrogen and oxygen atoms in total. The van der Waals surface area contributed by atoms with Crippen LogP contribution >= 0.6 is 15.9 Å². The van der Waals surface area contributed by atoms with Crippen molar-refractivity contribution in [1.82, 2.24) is 38.2 Å². The highest BCUT2D eigenvalue weighted by Gasteiger charge is 2.29. The number of anilines is 2. The van der Waals surface area contributed by atoms with Gasteiger partial charge in [0.1, 0.15) is 16.1 Å². The molecule has 0 bridgehead atoms. The molecule has 2 aliphatic carbocycles. The van der Waals surface area contributed by atoms with E-state index in [2.05, 4.69) is 95.5 Å². The molecule has 0 saturated heterocycles. The molecule has 64 heavy (non-hydrogen) atoms. The summed E-state index contributed by atoms with van der Waals surface area (Å²) in [4.78, 5) is 18.7. The minimum absolute atomic E-state index is 0.0431. The van der Waals surface area contributed by atoms with Crippen molar-refractivity contribution in [2.24, 2.45) is 11.8 Å². The van der Waals surface area contributed by atoms with Gasteiger partial charge >= 0.3 is 0 Å². The van der Waals surface area contributed by atoms with Crippen molar-refractivity contribution in [2.45, 2.75) is 75.3 Å². The van der Waals surface area contributed by atoms with Gasteiger partial charge in [0.25, 0.3) is 0 Å². The lowest BCUT2D eigenvalue weighted by Gasteiger charge is -2.11. The van der Waals surface area contributed by atoms with E-state index in [9.17, 15) is 21.2 Å². The van der Waals surface area contributed by atoms with Crippen LogP contribution in [0, 0.1) is 29.5 Å². The molecule has 2 fully saturated rings. The number of benzene rings is 3. The number of sulfonamides is 2. The van der Waals surface area contributed by atoms with E-state index in [0.29, 0.717) is 51.5 Å². The number of imidazole rings is 2. The summed E-state index contributed by atoms with van der Waals surface area (Å²) < 4.78 is 73.8. The molecular weight excluding hydrogens is 920 g/mol. The fourth-order valence-electron chi connectivity index (χ4n) is 6.55. The summed E-state index contributed by atoms with van der Waals surface area (Å²) in [5, 5.41) is 6.66. The Kier molecular flexibility index (Phi) is 13.2. The standard InChI is InChI=1S/C27H26FN5O2S.C19H22BrN5O2S/c1-18(2)15-29-26-27-30-16-25(20-8-13-23(14-9-20)36(34,35)32-21-11-12-21)33(27)17-22(31-26)10-7-19-5-3-4-6-24(19)28;1-12(2)9-21-18-19-22-10-16(25(19)11-17(20)23-18)13-3-7-15(8-4-13)28(26,27)24-14-5-6-14/h3-6,8-9,13-14,16-18,21,32H,11-12,15H2,1-2H3,(H,29,31);3-4,7-8,10-12,14,24H,5-6,9H2,1-2H3,(H,21,23). The Morgan fingerprint density at radius 3 is 1.61 bits per heavy atom. The number of nitrogens with one attached hydrogen (secondary N) is 4. The lowest BCUT2D eigenvalue weighted by Crippen LogP contribution is -2.25. The quantitative estimate of drug-likeness (QED) is 0.0779. The highest BCUT2D eigenvalue weighted by molar-refractivity contribution is 9.10. The van der Waals surface area contributed by atoms with Crippen LogP contribution in [-0.4, -0.2) is 70.7 Å². The lowest BCUT2D eigenvalue weighted by molar-refractivity contribution is 0.579. The Morgan fingerprint density at radius 2 is 1.14 bits per heavy atom. The molecule has 2 aliphatic rings. The molecule has 18 heteroatoms. The van der Waals surface area contributed by atoms with Crippen LogP contribution in [0.1, 0.15) is 64.6 Å². The number of aromatic nitrogens is 6. The van der Waals surface area contributed by atoms with Gasteiger partial charge in [-0.05, 0) is 95.8 Å². The summed E-state index contributed by atoms with van der Waals surface area (Å²) in [6, 6.07) is 20.1. The second-order valence-electron chi connectivity index (χ2n) is 16.7. The van der Waals surface area contributed by atoms with Crippen molar-refractivity contribution in [1.29, 1.82) is 0 Å². The van der Waals surface area contributed by atoms with Crippen LogP contribution < -0.4 is 20.1 Å². The first-order chi connectivity index (χ1) is 30.6. The monoisotopic (exact) mass is 966 g/mol. The zero-order valence-electron chi connectivity index (χ0n) is 35.7. The molecular formula is C46H48BrFN10O4S2. The molecule has 0 spiro atoms. The minimum atomic E-state index is -3.53. The minimum Gasteiger partial charge on any atom is -0.367 e. The third-order valence-corrected chi connectivity index (χ3v) is 13.7. The van der Waals surface area contributed by atoms with Crippen molar-refractivity contribution in [3.63, 3.8) is 0 Å². The van der Waals surface area contributed by atoms with E-state index in [1.165, 1.54) is 6.07 Å². The molecule has 2 saturated carbocycles. The lowest BCUT2D eigenvalue weighted by atomic mass is 10.2. The summed E-state index contributed by atoms with van der Waals surface area (Å²) >= 11 is 3.46. The van der Waals surface area contributed by atoms with Gasteiger partial charge in [0.2, 0.25) is 20.0 Å². The Labute approximate surface area is 380 Å². The Hall–Kier alpha value is -5.71. The maximum atomic E-state index is 14.1. The number of fused-ring (bicyclic) bond motifs is 2. The van der Waals surface area contributed by atoms with Gasteiger partial charge in [-0.25, -0.2) is 50.6 Å². The summed E-state index contributed by atoms with van der Waals surface area (Å²) in [5.41, 5.74) is 5.38. The second-order valence-corrected chi connectivity index (χ2v) is 20.9. The predicted octanol–water partition coefficient (Wildman–Crippen LogP) is 8.11. The van der Waals surface area contributed by atoms with Gasteiger partial charge in [-0.3, -0.25) is 8.80 Å². The van der Waals surface area contributed by atoms with Crippen LogP contribution in [0.3, 0.4) is 0 Å². The number of rotatable bonds is 14. The van der Waals surface area contributed by atoms with Crippen molar-refractivity contribution < 1.29 is 21.2 Å². The van der Waals surface area contributed by atoms with E-state index >= 15 is 0 Å².